The summed E-state index contributed by atoms with van der Waals surface area (Å²) < 4.78 is 68.2. The number of hydrogen-bond acceptors (Lipinski definition) is 7. The van der Waals surface area contributed by atoms with E-state index >= 15 is 0 Å². The van der Waals surface area contributed by atoms with Crippen molar-refractivity contribution in [3.8, 4) is 11.3 Å². The van der Waals surface area contributed by atoms with E-state index < -0.39 is 27.9 Å². The summed E-state index contributed by atoms with van der Waals surface area (Å²) in [6.07, 6.45) is -1.49. The monoisotopic (exact) mass is 607 g/mol. The minimum atomic E-state index is -4.66. The van der Waals surface area contributed by atoms with Crippen molar-refractivity contribution in [2.24, 2.45) is 0 Å². The van der Waals surface area contributed by atoms with E-state index in [1.54, 1.807) is 46.1 Å². The Morgan fingerprint density at radius 2 is 1.90 bits per heavy atom. The zero-order chi connectivity index (χ0) is 29.5. The van der Waals surface area contributed by atoms with Gasteiger partial charge in [0.1, 0.15) is 11.4 Å². The van der Waals surface area contributed by atoms with Gasteiger partial charge in [0, 0.05) is 53.4 Å². The van der Waals surface area contributed by atoms with Gasteiger partial charge in [-0.05, 0) is 42.8 Å². The Kier molecular flexibility index (Phi) is 7.55. The van der Waals surface area contributed by atoms with E-state index in [0.29, 0.717) is 40.3 Å². The number of carbonyl (C=O) groups excluding carboxylic acids is 1. The summed E-state index contributed by atoms with van der Waals surface area (Å²) in [4.78, 5) is 17.8. The van der Waals surface area contributed by atoms with Crippen LogP contribution in [0.4, 0.5) is 24.5 Å². The highest BCUT2D eigenvalue weighted by molar-refractivity contribution is 7.92. The number of piperidine rings is 1. The quantitative estimate of drug-likeness (QED) is 0.322. The number of fused-ring (bicyclic) bond motifs is 1. The van der Waals surface area contributed by atoms with Crippen LogP contribution in [-0.2, 0) is 21.0 Å². The summed E-state index contributed by atoms with van der Waals surface area (Å²) in [6, 6.07) is 11.3. The van der Waals surface area contributed by atoms with Gasteiger partial charge in [0.05, 0.1) is 24.0 Å². The van der Waals surface area contributed by atoms with Crippen molar-refractivity contribution >= 4 is 49.8 Å². The summed E-state index contributed by atoms with van der Waals surface area (Å²) in [5, 5.41) is 12.4. The van der Waals surface area contributed by atoms with Crippen LogP contribution in [0.1, 0.15) is 25.1 Å². The number of halogens is 4. The first-order chi connectivity index (χ1) is 19.2. The Morgan fingerprint density at radius 3 is 2.61 bits per heavy atom. The first-order valence-electron chi connectivity index (χ1n) is 12.4. The molecule has 2 aromatic carbocycles. The fraction of sp³-hybridized carbons (Fsp3) is 0.308. The molecule has 216 valence electrons. The van der Waals surface area contributed by atoms with E-state index in [0.717, 1.165) is 12.3 Å². The van der Waals surface area contributed by atoms with Gasteiger partial charge in [-0.3, -0.25) is 9.52 Å². The number of pyridine rings is 1. The molecule has 1 aliphatic heterocycles. The molecule has 2 N–H and O–H groups in total. The second kappa shape index (κ2) is 10.8. The van der Waals surface area contributed by atoms with Crippen LogP contribution in [0, 0.1) is 0 Å². The minimum Gasteiger partial charge on any atom is -0.380 e. The number of anilines is 2. The third-order valence-corrected chi connectivity index (χ3v) is 7.48. The van der Waals surface area contributed by atoms with E-state index in [-0.39, 0.29) is 29.7 Å². The number of amides is 1. The third kappa shape index (κ3) is 6.70. The van der Waals surface area contributed by atoms with Gasteiger partial charge in [-0.25, -0.2) is 18.1 Å². The van der Waals surface area contributed by atoms with Gasteiger partial charge in [0.15, 0.2) is 0 Å². The molecule has 0 unspecified atom stereocenters. The van der Waals surface area contributed by atoms with Crippen molar-refractivity contribution in [2.75, 3.05) is 29.4 Å². The molecule has 0 aliphatic carbocycles. The summed E-state index contributed by atoms with van der Waals surface area (Å²) >= 11 is 6.14. The first-order valence-corrected chi connectivity index (χ1v) is 14.7. The van der Waals surface area contributed by atoms with Crippen molar-refractivity contribution in [3.63, 3.8) is 0 Å². The van der Waals surface area contributed by atoms with Crippen molar-refractivity contribution < 1.29 is 26.4 Å². The van der Waals surface area contributed by atoms with Crippen LogP contribution in [0.15, 0.2) is 54.7 Å². The predicted molar refractivity (Wildman–Crippen MR) is 149 cm³/mol. The maximum atomic E-state index is 13.6. The molecule has 15 heteroatoms. The standard InChI is InChI=1S/C26H25ClF3N7O3S/c1-15(38)36-12-19(31-23-11-25(26(28,29)30)32-22-7-6-17(27)9-21(22)23)10-20(13-36)37-14-24(33-35-37)16-4-3-5-18(8-16)34-41(2,39)40/h3-9,11,14,19-20,34H,10,12-13H2,1-2H3,(H,31,32)/t19-,20+/m1/s1. The largest absolute Gasteiger partial charge is 0.433 e. The Hall–Kier alpha value is -3.91. The zero-order valence-electron chi connectivity index (χ0n) is 21.9. The molecular weight excluding hydrogens is 583 g/mol. The van der Waals surface area contributed by atoms with Crippen molar-refractivity contribution in [1.29, 1.82) is 0 Å². The molecule has 1 fully saturated rings. The molecule has 0 radical (unpaired) electrons. The van der Waals surface area contributed by atoms with E-state index in [1.807, 2.05) is 0 Å². The summed E-state index contributed by atoms with van der Waals surface area (Å²) in [5.74, 6) is -0.194. The van der Waals surface area contributed by atoms with Gasteiger partial charge in [-0.2, -0.15) is 13.2 Å². The van der Waals surface area contributed by atoms with Gasteiger partial charge in [0.25, 0.3) is 0 Å². The van der Waals surface area contributed by atoms with Gasteiger partial charge < -0.3 is 10.2 Å². The van der Waals surface area contributed by atoms with Crippen LogP contribution in [0.2, 0.25) is 5.02 Å². The number of rotatable bonds is 6. The Balaban J connectivity index is 1.44. The van der Waals surface area contributed by atoms with Crippen LogP contribution in [-0.4, -0.2) is 64.6 Å². The molecule has 3 heterocycles. The van der Waals surface area contributed by atoms with Crippen LogP contribution >= 0.6 is 11.6 Å². The number of aromatic nitrogens is 4. The second-order valence-corrected chi connectivity index (χ2v) is 12.1. The topological polar surface area (TPSA) is 122 Å². The Bertz CT molecular complexity index is 1730. The van der Waals surface area contributed by atoms with E-state index in [2.05, 4.69) is 25.3 Å². The Morgan fingerprint density at radius 1 is 1.12 bits per heavy atom. The average Bonchev–Trinajstić information content (AvgIpc) is 3.38. The zero-order valence-corrected chi connectivity index (χ0v) is 23.4. The number of likely N-dealkylation sites (tertiary alicyclic amines) is 1. The number of alkyl halides is 3. The molecule has 2 aromatic heterocycles. The van der Waals surface area contributed by atoms with Gasteiger partial charge in [0.2, 0.25) is 15.9 Å². The van der Waals surface area contributed by atoms with Crippen LogP contribution < -0.4 is 10.0 Å². The van der Waals surface area contributed by atoms with Crippen LogP contribution in [0.5, 0.6) is 0 Å². The molecular formula is C26H25ClF3N7O3S. The molecule has 5 rings (SSSR count). The van der Waals surface area contributed by atoms with Crippen LogP contribution in [0.3, 0.4) is 0 Å². The normalized spacial score (nSPS) is 18.0. The maximum Gasteiger partial charge on any atom is 0.433 e. The van der Waals surface area contributed by atoms with E-state index in [9.17, 15) is 26.4 Å². The molecule has 0 saturated carbocycles. The summed E-state index contributed by atoms with van der Waals surface area (Å²) in [6.45, 7) is 2.01. The van der Waals surface area contributed by atoms with Gasteiger partial charge in [-0.1, -0.05) is 28.9 Å². The number of nitrogens with zero attached hydrogens (tertiary/aromatic N) is 5. The molecule has 4 aromatic rings. The first kappa shape index (κ1) is 28.6. The number of carbonyl (C=O) groups is 1. The molecule has 1 aliphatic rings. The number of hydrogen-bond donors (Lipinski definition) is 2. The highest BCUT2D eigenvalue weighted by Crippen LogP contribution is 2.35. The fourth-order valence-electron chi connectivity index (χ4n) is 4.85. The lowest BCUT2D eigenvalue weighted by molar-refractivity contribution is -0.140. The lowest BCUT2D eigenvalue weighted by atomic mass is 9.99. The number of benzene rings is 2. The Labute approximate surface area is 238 Å². The van der Waals surface area contributed by atoms with Gasteiger partial charge in [-0.15, -0.1) is 5.10 Å². The highest BCUT2D eigenvalue weighted by atomic mass is 35.5. The second-order valence-electron chi connectivity index (χ2n) is 9.91. The SMILES string of the molecule is CC(=O)N1C[C@H](Nc2cc(C(F)(F)F)nc3ccc(Cl)cc23)C[C@H](n2cc(-c3cccc(NS(C)(=O)=O)c3)nn2)C1. The average molecular weight is 608 g/mol. The lowest BCUT2D eigenvalue weighted by Gasteiger charge is -2.38. The molecule has 1 amide bonds. The summed E-state index contributed by atoms with van der Waals surface area (Å²) in [7, 11) is -3.47. The molecule has 0 spiro atoms. The van der Waals surface area contributed by atoms with Crippen molar-refractivity contribution in [1.82, 2.24) is 24.9 Å². The van der Waals surface area contributed by atoms with E-state index in [1.165, 1.54) is 19.1 Å². The minimum absolute atomic E-state index is 0.135. The smallest absolute Gasteiger partial charge is 0.380 e. The molecule has 2 atom stereocenters. The van der Waals surface area contributed by atoms with Crippen molar-refractivity contribution in [3.05, 3.63) is 65.4 Å². The van der Waals surface area contributed by atoms with Gasteiger partial charge >= 0.3 is 6.18 Å². The highest BCUT2D eigenvalue weighted by Gasteiger charge is 2.35. The number of nitrogens with one attached hydrogen (secondary N) is 2. The molecule has 10 nitrogen and oxygen atoms in total. The molecule has 41 heavy (non-hydrogen) atoms. The van der Waals surface area contributed by atoms with Crippen LogP contribution in [0.25, 0.3) is 22.2 Å². The molecule has 1 saturated heterocycles. The van der Waals surface area contributed by atoms with E-state index in [4.69, 9.17) is 11.6 Å². The predicted octanol–water partition coefficient (Wildman–Crippen LogP) is 4.81. The number of sulfonamides is 1. The third-order valence-electron chi connectivity index (χ3n) is 6.64. The lowest BCUT2D eigenvalue weighted by Crippen LogP contribution is -2.48. The van der Waals surface area contributed by atoms with Crippen molar-refractivity contribution in [2.45, 2.75) is 31.6 Å². The fourth-order valence-corrected chi connectivity index (χ4v) is 5.58. The molecule has 0 bridgehead atoms. The summed E-state index contributed by atoms with van der Waals surface area (Å²) in [5.41, 5.74) is 0.769. The maximum absolute atomic E-state index is 13.6.